The number of carbonyl (C=O) groups is 1. The summed E-state index contributed by atoms with van der Waals surface area (Å²) in [5, 5.41) is 8.35. The molecule has 0 spiro atoms. The molecule has 0 aliphatic rings. The van der Waals surface area contributed by atoms with Crippen molar-refractivity contribution in [1.82, 2.24) is 4.72 Å². The smallest absolute Gasteiger partial charge is 0.414 e. The average Bonchev–Trinajstić information content (AvgIpc) is 2.04. The Kier molecular flexibility index (Phi) is 7.99. The van der Waals surface area contributed by atoms with Gasteiger partial charge in [-0.2, -0.15) is 0 Å². The van der Waals surface area contributed by atoms with E-state index in [0.29, 0.717) is 5.92 Å². The normalized spacial score (nSPS) is 10.4. The van der Waals surface area contributed by atoms with Gasteiger partial charge >= 0.3 is 6.09 Å². The number of rotatable bonds is 7. The van der Waals surface area contributed by atoms with Crippen LogP contribution >= 0.6 is 11.9 Å². The van der Waals surface area contributed by atoms with Gasteiger partial charge in [-0.1, -0.05) is 26.7 Å². The summed E-state index contributed by atoms with van der Waals surface area (Å²) in [7, 11) is 0. The summed E-state index contributed by atoms with van der Waals surface area (Å²) in [5.74, 6) is 1.56. The molecule has 0 atom stereocenters. The van der Waals surface area contributed by atoms with Crippen molar-refractivity contribution in [3.63, 3.8) is 0 Å². The van der Waals surface area contributed by atoms with Gasteiger partial charge in [0.05, 0.1) is 0 Å². The molecule has 13 heavy (non-hydrogen) atoms. The molecular formula is C9H19NO2S. The van der Waals surface area contributed by atoms with Gasteiger partial charge in [0, 0.05) is 5.75 Å². The third kappa shape index (κ3) is 7.96. The molecule has 0 heterocycles. The minimum Gasteiger partial charge on any atom is -0.464 e. The zero-order valence-electron chi connectivity index (χ0n) is 8.38. The Morgan fingerprint density at radius 3 is 2.31 bits per heavy atom. The molecule has 0 saturated heterocycles. The van der Waals surface area contributed by atoms with Gasteiger partial charge in [0.2, 0.25) is 0 Å². The molecule has 2 N–H and O–H groups in total. The first-order chi connectivity index (χ1) is 6.20. The maximum Gasteiger partial charge on any atom is 0.414 e. The summed E-state index contributed by atoms with van der Waals surface area (Å²) in [6.07, 6.45) is 3.80. The molecule has 4 heteroatoms. The molecule has 0 aromatic heterocycles. The maximum atomic E-state index is 10.2. The largest absolute Gasteiger partial charge is 0.464 e. The highest BCUT2D eigenvalue weighted by Crippen LogP contribution is 2.17. The number of hydrogen-bond acceptors (Lipinski definition) is 2. The van der Waals surface area contributed by atoms with Gasteiger partial charge in [0.25, 0.3) is 0 Å². The fourth-order valence-corrected chi connectivity index (χ4v) is 2.12. The molecule has 0 aromatic carbocycles. The molecule has 78 valence electrons. The third-order valence-corrected chi connectivity index (χ3v) is 2.83. The monoisotopic (exact) mass is 205 g/mol. The molecule has 3 nitrogen and oxygen atoms in total. The zero-order valence-corrected chi connectivity index (χ0v) is 9.19. The molecule has 0 rings (SSSR count). The van der Waals surface area contributed by atoms with Gasteiger partial charge in [-0.05, 0) is 30.7 Å². The molecule has 0 bridgehead atoms. The Balaban J connectivity index is 3.49. The Hall–Kier alpha value is -0.380. The van der Waals surface area contributed by atoms with Crippen molar-refractivity contribution in [2.75, 3.05) is 5.75 Å². The second-order valence-electron chi connectivity index (χ2n) is 3.16. The Labute approximate surface area is 84.4 Å². The Morgan fingerprint density at radius 1 is 1.38 bits per heavy atom. The fourth-order valence-electron chi connectivity index (χ4n) is 1.35. The molecular weight excluding hydrogens is 186 g/mol. The first kappa shape index (κ1) is 12.6. The molecule has 0 aromatic rings. The van der Waals surface area contributed by atoms with E-state index < -0.39 is 6.09 Å². The van der Waals surface area contributed by atoms with Crippen LogP contribution in [-0.4, -0.2) is 17.0 Å². The summed E-state index contributed by atoms with van der Waals surface area (Å²) in [4.78, 5) is 10.2. The van der Waals surface area contributed by atoms with Crippen LogP contribution in [0.15, 0.2) is 0 Å². The van der Waals surface area contributed by atoms with E-state index in [-0.39, 0.29) is 0 Å². The van der Waals surface area contributed by atoms with Crippen molar-refractivity contribution < 1.29 is 9.90 Å². The lowest BCUT2D eigenvalue weighted by Crippen LogP contribution is -2.15. The lowest BCUT2D eigenvalue weighted by molar-refractivity contribution is 0.202. The highest BCUT2D eigenvalue weighted by Gasteiger charge is 2.07. The van der Waals surface area contributed by atoms with E-state index in [0.717, 1.165) is 5.75 Å². The van der Waals surface area contributed by atoms with Crippen molar-refractivity contribution in [3.05, 3.63) is 0 Å². The van der Waals surface area contributed by atoms with Crippen molar-refractivity contribution >= 4 is 18.0 Å². The van der Waals surface area contributed by atoms with Crippen LogP contribution in [0.5, 0.6) is 0 Å². The van der Waals surface area contributed by atoms with Crippen molar-refractivity contribution in [2.45, 2.75) is 39.5 Å². The summed E-state index contributed by atoms with van der Waals surface area (Å²) in [6.45, 7) is 4.33. The molecule has 0 saturated carbocycles. The Morgan fingerprint density at radius 2 is 1.92 bits per heavy atom. The molecule has 0 aliphatic carbocycles. The molecule has 0 unspecified atom stereocenters. The standard InChI is InChI=1S/C9H19NO2S/c1-3-5-8(6-4-2)7-13-10-9(11)12/h8,10H,3-7H2,1-2H3,(H,11,12). The van der Waals surface area contributed by atoms with Crippen LogP contribution in [0.4, 0.5) is 4.79 Å². The van der Waals surface area contributed by atoms with Crippen LogP contribution in [0, 0.1) is 5.92 Å². The van der Waals surface area contributed by atoms with Crippen LogP contribution < -0.4 is 4.72 Å². The van der Waals surface area contributed by atoms with Crippen LogP contribution in [0.25, 0.3) is 0 Å². The van der Waals surface area contributed by atoms with Gasteiger partial charge in [-0.25, -0.2) is 4.79 Å². The number of nitrogens with one attached hydrogen (secondary N) is 1. The first-order valence-corrected chi connectivity index (χ1v) is 5.80. The van der Waals surface area contributed by atoms with E-state index in [9.17, 15) is 4.79 Å². The lowest BCUT2D eigenvalue weighted by atomic mass is 10.0. The maximum absolute atomic E-state index is 10.2. The number of hydrogen-bond donors (Lipinski definition) is 2. The van der Waals surface area contributed by atoms with Crippen LogP contribution in [0.3, 0.4) is 0 Å². The van der Waals surface area contributed by atoms with E-state index in [1.54, 1.807) is 0 Å². The van der Waals surface area contributed by atoms with E-state index in [1.165, 1.54) is 37.6 Å². The predicted octanol–water partition coefficient (Wildman–Crippen LogP) is 3.12. The molecule has 1 amide bonds. The van der Waals surface area contributed by atoms with Crippen LogP contribution in [0.1, 0.15) is 39.5 Å². The summed E-state index contributed by atoms with van der Waals surface area (Å²) in [6, 6.07) is 0. The topological polar surface area (TPSA) is 49.3 Å². The second-order valence-corrected chi connectivity index (χ2v) is 3.99. The first-order valence-electron chi connectivity index (χ1n) is 4.81. The van der Waals surface area contributed by atoms with E-state index >= 15 is 0 Å². The summed E-state index contributed by atoms with van der Waals surface area (Å²) in [5.41, 5.74) is 0. The zero-order chi connectivity index (χ0) is 10.1. The quantitative estimate of drug-likeness (QED) is 0.628. The molecule has 0 radical (unpaired) electrons. The van der Waals surface area contributed by atoms with Gasteiger partial charge in [0.1, 0.15) is 0 Å². The Bertz CT molecular complexity index is 136. The molecule has 0 aliphatic heterocycles. The lowest BCUT2D eigenvalue weighted by Gasteiger charge is -2.13. The van der Waals surface area contributed by atoms with Gasteiger partial charge in [-0.3, -0.25) is 4.72 Å². The third-order valence-electron chi connectivity index (χ3n) is 1.87. The van der Waals surface area contributed by atoms with Gasteiger partial charge < -0.3 is 5.11 Å². The average molecular weight is 205 g/mol. The van der Waals surface area contributed by atoms with Crippen LogP contribution in [-0.2, 0) is 0 Å². The minimum absolute atomic E-state index is 0.659. The number of amides is 1. The number of carboxylic acid groups (broad SMARTS) is 1. The van der Waals surface area contributed by atoms with Crippen molar-refractivity contribution in [1.29, 1.82) is 0 Å². The highest BCUT2D eigenvalue weighted by atomic mass is 32.2. The van der Waals surface area contributed by atoms with Crippen molar-refractivity contribution in [2.24, 2.45) is 5.92 Å². The van der Waals surface area contributed by atoms with Gasteiger partial charge in [0.15, 0.2) is 0 Å². The van der Waals surface area contributed by atoms with E-state index in [2.05, 4.69) is 18.6 Å². The van der Waals surface area contributed by atoms with Crippen LogP contribution in [0.2, 0.25) is 0 Å². The SMILES string of the molecule is CCCC(CCC)CSNC(=O)O. The second kappa shape index (κ2) is 8.23. The predicted molar refractivity (Wildman–Crippen MR) is 56.9 cm³/mol. The van der Waals surface area contributed by atoms with E-state index in [4.69, 9.17) is 5.11 Å². The highest BCUT2D eigenvalue weighted by molar-refractivity contribution is 7.97. The van der Waals surface area contributed by atoms with E-state index in [1.807, 2.05) is 0 Å². The fraction of sp³-hybridized carbons (Fsp3) is 0.889. The van der Waals surface area contributed by atoms with Crippen molar-refractivity contribution in [3.8, 4) is 0 Å². The molecule has 0 fully saturated rings. The summed E-state index contributed by atoms with van der Waals surface area (Å²) < 4.78 is 2.33. The summed E-state index contributed by atoms with van der Waals surface area (Å²) >= 11 is 1.30. The van der Waals surface area contributed by atoms with Gasteiger partial charge in [-0.15, -0.1) is 0 Å². The minimum atomic E-state index is -0.947.